The maximum absolute atomic E-state index is 5.94. The lowest BCUT2D eigenvalue weighted by molar-refractivity contribution is 0.631. The van der Waals surface area contributed by atoms with Crippen molar-refractivity contribution >= 4 is 29.3 Å². The number of hydrogen-bond acceptors (Lipinski definition) is 4. The Balaban J connectivity index is 1.81. The predicted octanol–water partition coefficient (Wildman–Crippen LogP) is 3.02. The molecule has 0 amide bonds. The van der Waals surface area contributed by atoms with Crippen molar-refractivity contribution in [2.75, 3.05) is 31.6 Å². The number of rotatable bonds is 11. The molecule has 1 aromatic carbocycles. The monoisotopic (exact) mass is 408 g/mol. The van der Waals surface area contributed by atoms with Crippen LogP contribution in [-0.4, -0.2) is 52.4 Å². The van der Waals surface area contributed by atoms with E-state index in [1.807, 2.05) is 23.9 Å². The van der Waals surface area contributed by atoms with Gasteiger partial charge in [0.25, 0.3) is 0 Å². The SMILES string of the molecule is CCc1nncn1CCNC(=NCCCSC)NCCc1ccc(Cl)cc1. The Morgan fingerprint density at radius 3 is 2.74 bits per heavy atom. The average molecular weight is 409 g/mol. The summed E-state index contributed by atoms with van der Waals surface area (Å²) >= 11 is 7.79. The van der Waals surface area contributed by atoms with Crippen LogP contribution in [0.2, 0.25) is 5.02 Å². The van der Waals surface area contributed by atoms with Gasteiger partial charge >= 0.3 is 0 Å². The van der Waals surface area contributed by atoms with Gasteiger partial charge in [-0.1, -0.05) is 30.7 Å². The summed E-state index contributed by atoms with van der Waals surface area (Å²) in [6.45, 7) is 5.33. The number of thioether (sulfide) groups is 1. The molecular formula is C19H29ClN6S. The van der Waals surface area contributed by atoms with Gasteiger partial charge in [-0.05, 0) is 42.5 Å². The third kappa shape index (κ3) is 8.22. The highest BCUT2D eigenvalue weighted by Crippen LogP contribution is 2.09. The molecule has 0 aliphatic rings. The Morgan fingerprint density at radius 1 is 1.22 bits per heavy atom. The van der Waals surface area contributed by atoms with E-state index >= 15 is 0 Å². The van der Waals surface area contributed by atoms with Gasteiger partial charge in [0.05, 0.1) is 0 Å². The Kier molecular flexibility index (Phi) is 10.1. The lowest BCUT2D eigenvalue weighted by Crippen LogP contribution is -2.40. The van der Waals surface area contributed by atoms with Gasteiger partial charge in [0.1, 0.15) is 12.2 Å². The van der Waals surface area contributed by atoms with Crippen LogP contribution >= 0.6 is 23.4 Å². The predicted molar refractivity (Wildman–Crippen MR) is 116 cm³/mol. The molecule has 1 aromatic heterocycles. The summed E-state index contributed by atoms with van der Waals surface area (Å²) in [7, 11) is 0. The maximum Gasteiger partial charge on any atom is 0.191 e. The summed E-state index contributed by atoms with van der Waals surface area (Å²) in [5, 5.41) is 15.7. The number of aliphatic imine (C=N–C) groups is 1. The number of aryl methyl sites for hydroxylation is 1. The molecule has 0 saturated carbocycles. The molecule has 0 bridgehead atoms. The summed E-state index contributed by atoms with van der Waals surface area (Å²) in [5.74, 6) is 2.99. The molecular weight excluding hydrogens is 380 g/mol. The summed E-state index contributed by atoms with van der Waals surface area (Å²) in [6.07, 6.45) is 6.79. The van der Waals surface area contributed by atoms with Crippen molar-refractivity contribution in [1.29, 1.82) is 0 Å². The zero-order valence-electron chi connectivity index (χ0n) is 16.1. The van der Waals surface area contributed by atoms with E-state index in [4.69, 9.17) is 11.6 Å². The second-order valence-corrected chi connectivity index (χ2v) is 7.52. The van der Waals surface area contributed by atoms with E-state index in [1.54, 1.807) is 6.33 Å². The van der Waals surface area contributed by atoms with Crippen LogP contribution in [-0.2, 0) is 19.4 Å². The number of nitrogens with one attached hydrogen (secondary N) is 2. The van der Waals surface area contributed by atoms with Gasteiger partial charge in [-0.15, -0.1) is 10.2 Å². The molecule has 0 fully saturated rings. The highest BCUT2D eigenvalue weighted by molar-refractivity contribution is 7.98. The van der Waals surface area contributed by atoms with Crippen LogP contribution in [0.4, 0.5) is 0 Å². The summed E-state index contributed by atoms with van der Waals surface area (Å²) in [4.78, 5) is 4.69. The molecule has 0 spiro atoms. The molecule has 0 saturated heterocycles. The van der Waals surface area contributed by atoms with Gasteiger partial charge in [-0.2, -0.15) is 11.8 Å². The summed E-state index contributed by atoms with van der Waals surface area (Å²) < 4.78 is 2.08. The first-order chi connectivity index (χ1) is 13.2. The third-order valence-electron chi connectivity index (χ3n) is 4.05. The maximum atomic E-state index is 5.94. The zero-order valence-corrected chi connectivity index (χ0v) is 17.7. The fourth-order valence-corrected chi connectivity index (χ4v) is 3.13. The molecule has 0 unspecified atom stereocenters. The number of guanidine groups is 1. The van der Waals surface area contributed by atoms with E-state index in [0.29, 0.717) is 0 Å². The van der Waals surface area contributed by atoms with Crippen molar-refractivity contribution in [2.24, 2.45) is 4.99 Å². The van der Waals surface area contributed by atoms with Gasteiger partial charge in [-0.25, -0.2) is 0 Å². The van der Waals surface area contributed by atoms with Crippen molar-refractivity contribution < 1.29 is 0 Å². The van der Waals surface area contributed by atoms with Crippen LogP contribution in [0.3, 0.4) is 0 Å². The molecule has 6 nitrogen and oxygen atoms in total. The third-order valence-corrected chi connectivity index (χ3v) is 5.00. The molecule has 2 aromatic rings. The fraction of sp³-hybridized carbons (Fsp3) is 0.526. The van der Waals surface area contributed by atoms with Crippen LogP contribution in [0.25, 0.3) is 0 Å². The second-order valence-electron chi connectivity index (χ2n) is 6.10. The zero-order chi connectivity index (χ0) is 19.3. The molecule has 1 heterocycles. The summed E-state index contributed by atoms with van der Waals surface area (Å²) in [6, 6.07) is 7.98. The molecule has 0 atom stereocenters. The highest BCUT2D eigenvalue weighted by Gasteiger charge is 2.03. The fourth-order valence-electron chi connectivity index (χ4n) is 2.58. The van der Waals surface area contributed by atoms with Crippen molar-refractivity contribution in [3.8, 4) is 0 Å². The molecule has 148 valence electrons. The van der Waals surface area contributed by atoms with Gasteiger partial charge in [-0.3, -0.25) is 4.99 Å². The van der Waals surface area contributed by atoms with Gasteiger partial charge in [0.2, 0.25) is 0 Å². The number of benzene rings is 1. The Hall–Kier alpha value is -1.73. The highest BCUT2D eigenvalue weighted by atomic mass is 35.5. The van der Waals surface area contributed by atoms with E-state index in [9.17, 15) is 0 Å². The quantitative estimate of drug-likeness (QED) is 0.340. The standard InChI is InChI=1S/C19H29ClN6S/c1-3-18-25-24-15-26(18)13-12-23-19(21-10-4-14-27-2)22-11-9-16-5-7-17(20)8-6-16/h5-8,15H,3-4,9-14H2,1-2H3,(H2,21,22,23). The number of aromatic nitrogens is 3. The molecule has 0 aliphatic heterocycles. The van der Waals surface area contributed by atoms with Crippen LogP contribution in [0, 0.1) is 0 Å². The topological polar surface area (TPSA) is 67.1 Å². The minimum Gasteiger partial charge on any atom is -0.356 e. The van der Waals surface area contributed by atoms with E-state index in [2.05, 4.69) is 55.7 Å². The largest absolute Gasteiger partial charge is 0.356 e. The number of halogens is 1. The number of hydrogen-bond donors (Lipinski definition) is 2. The van der Waals surface area contributed by atoms with Crippen LogP contribution in [0.5, 0.6) is 0 Å². The van der Waals surface area contributed by atoms with Crippen LogP contribution in [0.1, 0.15) is 24.7 Å². The van der Waals surface area contributed by atoms with Gasteiger partial charge < -0.3 is 15.2 Å². The van der Waals surface area contributed by atoms with Crippen molar-refractivity contribution in [3.63, 3.8) is 0 Å². The van der Waals surface area contributed by atoms with Crippen LogP contribution < -0.4 is 10.6 Å². The van der Waals surface area contributed by atoms with Crippen molar-refractivity contribution in [1.82, 2.24) is 25.4 Å². The Labute approximate surface area is 171 Å². The molecule has 2 rings (SSSR count). The Bertz CT molecular complexity index is 686. The van der Waals surface area contributed by atoms with E-state index in [1.165, 1.54) is 5.56 Å². The lowest BCUT2D eigenvalue weighted by atomic mass is 10.1. The minimum absolute atomic E-state index is 0.768. The van der Waals surface area contributed by atoms with Gasteiger partial charge in [0.15, 0.2) is 5.96 Å². The molecule has 0 aliphatic carbocycles. The smallest absolute Gasteiger partial charge is 0.191 e. The first-order valence-corrected chi connectivity index (χ1v) is 11.1. The molecule has 2 N–H and O–H groups in total. The number of nitrogens with zero attached hydrogens (tertiary/aromatic N) is 4. The van der Waals surface area contributed by atoms with Crippen LogP contribution in [0.15, 0.2) is 35.6 Å². The lowest BCUT2D eigenvalue weighted by Gasteiger charge is -2.13. The first kappa shape index (κ1) is 21.6. The molecule has 27 heavy (non-hydrogen) atoms. The molecule has 0 radical (unpaired) electrons. The van der Waals surface area contributed by atoms with Crippen molar-refractivity contribution in [2.45, 2.75) is 32.7 Å². The van der Waals surface area contributed by atoms with Crippen molar-refractivity contribution in [3.05, 3.63) is 47.0 Å². The van der Waals surface area contributed by atoms with Gasteiger partial charge in [0, 0.05) is 37.6 Å². The second kappa shape index (κ2) is 12.6. The van der Waals surface area contributed by atoms with E-state index in [-0.39, 0.29) is 0 Å². The minimum atomic E-state index is 0.768. The summed E-state index contributed by atoms with van der Waals surface area (Å²) in [5.41, 5.74) is 1.26. The molecule has 8 heteroatoms. The van der Waals surface area contributed by atoms with E-state index < -0.39 is 0 Å². The average Bonchev–Trinajstić information content (AvgIpc) is 3.14. The Morgan fingerprint density at radius 2 is 2.00 bits per heavy atom. The van der Waals surface area contributed by atoms with E-state index in [0.717, 1.165) is 68.0 Å². The first-order valence-electron chi connectivity index (χ1n) is 9.35. The normalized spacial score (nSPS) is 11.6.